The first-order valence-electron chi connectivity index (χ1n) is 8.89. The molecule has 3 nitrogen and oxygen atoms in total. The SMILES string of the molecule is CCCNC(C)(CO)CCOC1CC(C)CCC1C(C)C. The van der Waals surface area contributed by atoms with Crippen LogP contribution in [-0.4, -0.2) is 36.5 Å². The Kier molecular flexibility index (Phi) is 8.22. The lowest BCUT2D eigenvalue weighted by molar-refractivity contribution is -0.0466. The minimum Gasteiger partial charge on any atom is -0.394 e. The lowest BCUT2D eigenvalue weighted by Gasteiger charge is -2.38. The molecule has 1 aliphatic carbocycles. The molecule has 0 aromatic heterocycles. The third kappa shape index (κ3) is 6.25. The fourth-order valence-corrected chi connectivity index (χ4v) is 3.39. The fourth-order valence-electron chi connectivity index (χ4n) is 3.39. The second-order valence-corrected chi connectivity index (χ2v) is 7.63. The molecule has 2 N–H and O–H groups in total. The molecule has 3 heteroatoms. The van der Waals surface area contributed by atoms with E-state index in [1.165, 1.54) is 19.3 Å². The number of aliphatic hydroxyl groups is 1. The van der Waals surface area contributed by atoms with E-state index < -0.39 is 0 Å². The topological polar surface area (TPSA) is 41.5 Å². The van der Waals surface area contributed by atoms with Crippen molar-refractivity contribution in [1.82, 2.24) is 5.32 Å². The smallest absolute Gasteiger partial charge is 0.0611 e. The summed E-state index contributed by atoms with van der Waals surface area (Å²) in [6.45, 7) is 13.1. The average molecular weight is 299 g/mol. The molecule has 0 aliphatic heterocycles. The molecule has 0 radical (unpaired) electrons. The highest BCUT2D eigenvalue weighted by molar-refractivity contribution is 4.84. The summed E-state index contributed by atoms with van der Waals surface area (Å²) in [5.41, 5.74) is -0.205. The van der Waals surface area contributed by atoms with Crippen LogP contribution >= 0.6 is 0 Å². The van der Waals surface area contributed by atoms with E-state index in [1.54, 1.807) is 0 Å². The van der Waals surface area contributed by atoms with Crippen LogP contribution in [0, 0.1) is 17.8 Å². The van der Waals surface area contributed by atoms with Crippen molar-refractivity contribution in [3.63, 3.8) is 0 Å². The van der Waals surface area contributed by atoms with Crippen molar-refractivity contribution in [2.75, 3.05) is 19.8 Å². The van der Waals surface area contributed by atoms with E-state index in [-0.39, 0.29) is 12.1 Å². The third-order valence-electron chi connectivity index (χ3n) is 5.10. The van der Waals surface area contributed by atoms with Crippen molar-refractivity contribution in [1.29, 1.82) is 0 Å². The van der Waals surface area contributed by atoms with Gasteiger partial charge in [0.1, 0.15) is 0 Å². The van der Waals surface area contributed by atoms with Crippen molar-refractivity contribution in [2.24, 2.45) is 17.8 Å². The summed E-state index contributed by atoms with van der Waals surface area (Å²) < 4.78 is 6.25. The maximum absolute atomic E-state index is 9.61. The van der Waals surface area contributed by atoms with Gasteiger partial charge in [-0.25, -0.2) is 0 Å². The Labute approximate surface area is 131 Å². The molecule has 4 atom stereocenters. The number of aliphatic hydroxyl groups excluding tert-OH is 1. The summed E-state index contributed by atoms with van der Waals surface area (Å²) >= 11 is 0. The van der Waals surface area contributed by atoms with Crippen LogP contribution in [0.25, 0.3) is 0 Å². The second-order valence-electron chi connectivity index (χ2n) is 7.63. The molecule has 21 heavy (non-hydrogen) atoms. The zero-order chi connectivity index (χ0) is 15.9. The lowest BCUT2D eigenvalue weighted by Crippen LogP contribution is -2.47. The molecule has 0 aromatic rings. The van der Waals surface area contributed by atoms with Gasteiger partial charge in [0.15, 0.2) is 0 Å². The Balaban J connectivity index is 2.43. The summed E-state index contributed by atoms with van der Waals surface area (Å²) in [5.74, 6) is 2.18. The highest BCUT2D eigenvalue weighted by atomic mass is 16.5. The predicted octanol–water partition coefficient (Wildman–Crippen LogP) is 3.60. The van der Waals surface area contributed by atoms with Crippen LogP contribution in [0.3, 0.4) is 0 Å². The van der Waals surface area contributed by atoms with Crippen LogP contribution in [0.5, 0.6) is 0 Å². The monoisotopic (exact) mass is 299 g/mol. The fraction of sp³-hybridized carbons (Fsp3) is 1.00. The quantitative estimate of drug-likeness (QED) is 0.683. The van der Waals surface area contributed by atoms with Gasteiger partial charge in [-0.1, -0.05) is 34.1 Å². The number of rotatable bonds is 9. The molecule has 1 fully saturated rings. The Morgan fingerprint density at radius 2 is 2.05 bits per heavy atom. The van der Waals surface area contributed by atoms with E-state index in [9.17, 15) is 5.11 Å². The van der Waals surface area contributed by atoms with E-state index in [1.807, 2.05) is 0 Å². The van der Waals surface area contributed by atoms with Gasteiger partial charge in [-0.2, -0.15) is 0 Å². The Morgan fingerprint density at radius 1 is 1.33 bits per heavy atom. The minimum atomic E-state index is -0.205. The molecule has 0 amide bonds. The van der Waals surface area contributed by atoms with Crippen LogP contribution in [0.1, 0.15) is 66.7 Å². The van der Waals surface area contributed by atoms with E-state index in [0.717, 1.165) is 31.9 Å². The first-order chi connectivity index (χ1) is 9.91. The Morgan fingerprint density at radius 3 is 2.62 bits per heavy atom. The normalized spacial score (nSPS) is 29.6. The number of hydrogen-bond donors (Lipinski definition) is 2. The maximum atomic E-state index is 9.61. The standard InChI is InChI=1S/C18H37NO2/c1-6-10-19-18(5,13-20)9-11-21-17-12-15(4)7-8-16(17)14(2)3/h14-17,19-20H,6-13H2,1-5H3. The van der Waals surface area contributed by atoms with Gasteiger partial charge in [0.2, 0.25) is 0 Å². The summed E-state index contributed by atoms with van der Waals surface area (Å²) in [4.78, 5) is 0. The van der Waals surface area contributed by atoms with Gasteiger partial charge in [-0.05, 0) is 56.9 Å². The summed E-state index contributed by atoms with van der Waals surface area (Å²) in [6.07, 6.45) is 6.21. The van der Waals surface area contributed by atoms with Gasteiger partial charge in [0.25, 0.3) is 0 Å². The molecule has 0 saturated heterocycles. The number of hydrogen-bond acceptors (Lipinski definition) is 3. The van der Waals surface area contributed by atoms with Crippen molar-refractivity contribution in [3.05, 3.63) is 0 Å². The summed E-state index contributed by atoms with van der Waals surface area (Å²) in [6, 6.07) is 0. The molecule has 1 rings (SSSR count). The van der Waals surface area contributed by atoms with E-state index in [0.29, 0.717) is 17.9 Å². The average Bonchev–Trinajstić information content (AvgIpc) is 2.45. The molecular formula is C18H37NO2. The van der Waals surface area contributed by atoms with Gasteiger partial charge in [0, 0.05) is 12.1 Å². The first-order valence-corrected chi connectivity index (χ1v) is 8.89. The maximum Gasteiger partial charge on any atom is 0.0611 e. The zero-order valence-electron chi connectivity index (χ0n) is 14.8. The minimum absolute atomic E-state index is 0.172. The van der Waals surface area contributed by atoms with Gasteiger partial charge in [-0.3, -0.25) is 0 Å². The highest BCUT2D eigenvalue weighted by Gasteiger charge is 2.32. The van der Waals surface area contributed by atoms with E-state index in [2.05, 4.69) is 39.9 Å². The molecular weight excluding hydrogens is 262 g/mol. The largest absolute Gasteiger partial charge is 0.394 e. The first kappa shape index (κ1) is 18.9. The summed E-state index contributed by atoms with van der Waals surface area (Å²) in [5, 5.41) is 13.1. The molecule has 126 valence electrons. The van der Waals surface area contributed by atoms with Crippen molar-refractivity contribution < 1.29 is 9.84 Å². The predicted molar refractivity (Wildman–Crippen MR) is 89.5 cm³/mol. The molecule has 0 spiro atoms. The van der Waals surface area contributed by atoms with Gasteiger partial charge >= 0.3 is 0 Å². The summed E-state index contributed by atoms with van der Waals surface area (Å²) in [7, 11) is 0. The lowest BCUT2D eigenvalue weighted by atomic mass is 9.75. The zero-order valence-corrected chi connectivity index (χ0v) is 14.8. The van der Waals surface area contributed by atoms with E-state index in [4.69, 9.17) is 4.74 Å². The van der Waals surface area contributed by atoms with Crippen LogP contribution < -0.4 is 5.32 Å². The van der Waals surface area contributed by atoms with Crippen molar-refractivity contribution in [3.8, 4) is 0 Å². The van der Waals surface area contributed by atoms with Gasteiger partial charge < -0.3 is 15.2 Å². The molecule has 1 aliphatic rings. The van der Waals surface area contributed by atoms with Crippen molar-refractivity contribution >= 4 is 0 Å². The molecule has 0 bridgehead atoms. The van der Waals surface area contributed by atoms with Crippen LogP contribution in [0.2, 0.25) is 0 Å². The second kappa shape index (κ2) is 9.12. The third-order valence-corrected chi connectivity index (χ3v) is 5.10. The van der Waals surface area contributed by atoms with E-state index >= 15 is 0 Å². The van der Waals surface area contributed by atoms with Gasteiger partial charge in [0.05, 0.1) is 12.7 Å². The molecule has 4 unspecified atom stereocenters. The molecule has 0 heterocycles. The Bertz CT molecular complexity index is 282. The Hall–Kier alpha value is -0.120. The molecule has 1 saturated carbocycles. The van der Waals surface area contributed by atoms with Gasteiger partial charge in [-0.15, -0.1) is 0 Å². The number of ether oxygens (including phenoxy) is 1. The van der Waals surface area contributed by atoms with Crippen LogP contribution in [0.15, 0.2) is 0 Å². The van der Waals surface area contributed by atoms with Crippen LogP contribution in [0.4, 0.5) is 0 Å². The number of nitrogens with one attached hydrogen (secondary N) is 1. The van der Waals surface area contributed by atoms with Crippen molar-refractivity contribution in [2.45, 2.75) is 78.4 Å². The molecule has 0 aromatic carbocycles. The van der Waals surface area contributed by atoms with Crippen LogP contribution in [-0.2, 0) is 4.74 Å². The highest BCUT2D eigenvalue weighted by Crippen LogP contribution is 2.35.